The van der Waals surface area contributed by atoms with E-state index in [4.69, 9.17) is 0 Å². The van der Waals surface area contributed by atoms with Crippen molar-refractivity contribution >= 4 is 22.4 Å². The lowest BCUT2D eigenvalue weighted by Crippen LogP contribution is -2.48. The van der Waals surface area contributed by atoms with Crippen LogP contribution in [0, 0.1) is 12.8 Å². The van der Waals surface area contributed by atoms with Gasteiger partial charge in [-0.1, -0.05) is 0 Å². The maximum atomic E-state index is 11.4. The van der Waals surface area contributed by atoms with Gasteiger partial charge in [-0.2, -0.15) is 4.37 Å². The van der Waals surface area contributed by atoms with Crippen LogP contribution in [-0.2, 0) is 4.79 Å². The largest absolute Gasteiger partial charge is 0.316 e. The van der Waals surface area contributed by atoms with Gasteiger partial charge in [-0.25, -0.2) is 0 Å². The van der Waals surface area contributed by atoms with Gasteiger partial charge in [0.05, 0.1) is 11.6 Å². The molecule has 2 rings (SSSR count). The van der Waals surface area contributed by atoms with E-state index in [-0.39, 0.29) is 11.8 Å². The minimum Gasteiger partial charge on any atom is -0.316 e. The Morgan fingerprint density at radius 1 is 1.77 bits per heavy atom. The number of amides is 1. The highest BCUT2D eigenvalue weighted by atomic mass is 32.1. The second kappa shape index (κ2) is 3.43. The van der Waals surface area contributed by atoms with Crippen LogP contribution >= 0.6 is 11.5 Å². The summed E-state index contributed by atoms with van der Waals surface area (Å²) in [5.74, 6) is 0.241. The van der Waals surface area contributed by atoms with Gasteiger partial charge in [0, 0.05) is 13.1 Å². The lowest BCUT2D eigenvalue weighted by atomic mass is 10.0. The first-order valence-corrected chi connectivity index (χ1v) is 4.98. The number of hydrogen-bond acceptors (Lipinski definition) is 4. The van der Waals surface area contributed by atoms with Crippen LogP contribution in [-0.4, -0.2) is 23.4 Å². The number of carbonyl (C=O) groups is 1. The Morgan fingerprint density at radius 2 is 2.54 bits per heavy atom. The molecule has 0 spiro atoms. The van der Waals surface area contributed by atoms with E-state index < -0.39 is 0 Å². The molecule has 0 unspecified atom stereocenters. The fourth-order valence-corrected chi connectivity index (χ4v) is 1.78. The molecule has 1 fully saturated rings. The van der Waals surface area contributed by atoms with Crippen molar-refractivity contribution in [3.05, 3.63) is 11.8 Å². The van der Waals surface area contributed by atoms with Crippen molar-refractivity contribution < 1.29 is 4.79 Å². The highest BCUT2D eigenvalue weighted by Gasteiger charge is 2.24. The molecule has 1 aliphatic rings. The van der Waals surface area contributed by atoms with Gasteiger partial charge in [0.25, 0.3) is 0 Å². The van der Waals surface area contributed by atoms with Crippen molar-refractivity contribution in [2.45, 2.75) is 6.92 Å². The molecule has 2 heterocycles. The molecule has 0 atom stereocenters. The summed E-state index contributed by atoms with van der Waals surface area (Å²) in [6.45, 7) is 3.50. The maximum absolute atomic E-state index is 11.4. The number of aromatic nitrogens is 1. The summed E-state index contributed by atoms with van der Waals surface area (Å²) in [5.41, 5.74) is 0.951. The minimum atomic E-state index is 0.0994. The number of aryl methyl sites for hydroxylation is 1. The molecule has 0 aliphatic carbocycles. The number of anilines is 1. The third-order valence-corrected chi connectivity index (χ3v) is 2.82. The second-order valence-corrected chi connectivity index (χ2v) is 3.98. The predicted molar refractivity (Wildman–Crippen MR) is 51.8 cm³/mol. The monoisotopic (exact) mass is 197 g/mol. The quantitative estimate of drug-likeness (QED) is 0.730. The molecular formula is C8H11N3OS. The Morgan fingerprint density at radius 3 is 3.00 bits per heavy atom. The van der Waals surface area contributed by atoms with E-state index in [2.05, 4.69) is 15.0 Å². The zero-order valence-electron chi connectivity index (χ0n) is 7.33. The molecule has 1 aliphatic heterocycles. The molecule has 1 saturated heterocycles. The zero-order chi connectivity index (χ0) is 9.26. The predicted octanol–water partition coefficient (Wildman–Crippen LogP) is 0.609. The summed E-state index contributed by atoms with van der Waals surface area (Å²) in [6.07, 6.45) is 0. The molecule has 5 heteroatoms. The standard InChI is InChI=1S/C8H11N3OS/c1-5-2-7(13-11-5)10-8(12)6-3-9-4-6/h2,6,9H,3-4H2,1H3,(H,10,12). The number of rotatable bonds is 2. The summed E-state index contributed by atoms with van der Waals surface area (Å²) in [6, 6.07) is 1.88. The van der Waals surface area contributed by atoms with Gasteiger partial charge >= 0.3 is 0 Å². The normalized spacial score (nSPS) is 16.7. The third-order valence-electron chi connectivity index (χ3n) is 2.03. The Kier molecular flexibility index (Phi) is 2.28. The third kappa shape index (κ3) is 1.87. The molecule has 70 valence electrons. The summed E-state index contributed by atoms with van der Waals surface area (Å²) >= 11 is 1.33. The Bertz CT molecular complexity index is 319. The van der Waals surface area contributed by atoms with Crippen LogP contribution in [0.5, 0.6) is 0 Å². The van der Waals surface area contributed by atoms with Crippen molar-refractivity contribution in [2.24, 2.45) is 5.92 Å². The van der Waals surface area contributed by atoms with E-state index in [0.29, 0.717) is 0 Å². The van der Waals surface area contributed by atoms with Crippen LogP contribution < -0.4 is 10.6 Å². The average molecular weight is 197 g/mol. The first kappa shape index (κ1) is 8.65. The van der Waals surface area contributed by atoms with E-state index in [0.717, 1.165) is 23.8 Å². The summed E-state index contributed by atoms with van der Waals surface area (Å²) < 4.78 is 4.08. The number of carbonyl (C=O) groups excluding carboxylic acids is 1. The van der Waals surface area contributed by atoms with E-state index in [1.807, 2.05) is 13.0 Å². The maximum Gasteiger partial charge on any atom is 0.230 e. The van der Waals surface area contributed by atoms with Gasteiger partial charge in [-0.3, -0.25) is 4.79 Å². The Hall–Kier alpha value is -0.940. The Labute approximate surface area is 80.5 Å². The van der Waals surface area contributed by atoms with Crippen LogP contribution in [0.25, 0.3) is 0 Å². The molecule has 13 heavy (non-hydrogen) atoms. The van der Waals surface area contributed by atoms with Gasteiger partial charge < -0.3 is 10.6 Å². The molecule has 4 nitrogen and oxygen atoms in total. The van der Waals surface area contributed by atoms with E-state index in [1.165, 1.54) is 11.5 Å². The molecule has 1 amide bonds. The topological polar surface area (TPSA) is 54.0 Å². The molecule has 1 aromatic rings. The van der Waals surface area contributed by atoms with E-state index in [9.17, 15) is 4.79 Å². The van der Waals surface area contributed by atoms with Gasteiger partial charge in [-0.05, 0) is 24.5 Å². The van der Waals surface area contributed by atoms with Crippen molar-refractivity contribution in [3.63, 3.8) is 0 Å². The van der Waals surface area contributed by atoms with Gasteiger partial charge in [-0.15, -0.1) is 0 Å². The van der Waals surface area contributed by atoms with E-state index >= 15 is 0 Å². The van der Waals surface area contributed by atoms with Gasteiger partial charge in [0.1, 0.15) is 5.00 Å². The zero-order valence-corrected chi connectivity index (χ0v) is 8.15. The van der Waals surface area contributed by atoms with Gasteiger partial charge in [0.2, 0.25) is 5.91 Å². The minimum absolute atomic E-state index is 0.0994. The van der Waals surface area contributed by atoms with E-state index in [1.54, 1.807) is 0 Å². The smallest absolute Gasteiger partial charge is 0.230 e. The SMILES string of the molecule is Cc1cc(NC(=O)C2CNC2)sn1. The number of nitrogens with zero attached hydrogens (tertiary/aromatic N) is 1. The molecular weight excluding hydrogens is 186 g/mol. The average Bonchev–Trinajstić information content (AvgIpc) is 2.31. The highest BCUT2D eigenvalue weighted by molar-refractivity contribution is 7.10. The highest BCUT2D eigenvalue weighted by Crippen LogP contribution is 2.17. The molecule has 2 N–H and O–H groups in total. The lowest BCUT2D eigenvalue weighted by molar-refractivity contribution is -0.121. The van der Waals surface area contributed by atoms with Crippen molar-refractivity contribution in [1.29, 1.82) is 0 Å². The number of hydrogen-bond donors (Lipinski definition) is 2. The molecule has 0 radical (unpaired) electrons. The molecule has 0 saturated carbocycles. The van der Waals surface area contributed by atoms with Crippen LogP contribution in [0.4, 0.5) is 5.00 Å². The Balaban J connectivity index is 1.93. The summed E-state index contributed by atoms with van der Waals surface area (Å²) in [5, 5.41) is 6.74. The molecule has 0 bridgehead atoms. The lowest BCUT2D eigenvalue weighted by Gasteiger charge is -2.25. The first-order valence-electron chi connectivity index (χ1n) is 4.20. The summed E-state index contributed by atoms with van der Waals surface area (Å²) in [7, 11) is 0. The molecule has 0 aromatic carbocycles. The van der Waals surface area contributed by atoms with Crippen LogP contribution in [0.1, 0.15) is 5.69 Å². The molecule has 1 aromatic heterocycles. The second-order valence-electron chi connectivity index (χ2n) is 3.18. The van der Waals surface area contributed by atoms with Gasteiger partial charge in [0.15, 0.2) is 0 Å². The fraction of sp³-hybridized carbons (Fsp3) is 0.500. The van der Waals surface area contributed by atoms with Crippen molar-refractivity contribution in [3.8, 4) is 0 Å². The number of nitrogens with one attached hydrogen (secondary N) is 2. The van der Waals surface area contributed by atoms with Crippen LogP contribution in [0.3, 0.4) is 0 Å². The van der Waals surface area contributed by atoms with Crippen LogP contribution in [0.2, 0.25) is 0 Å². The van der Waals surface area contributed by atoms with Crippen molar-refractivity contribution in [2.75, 3.05) is 18.4 Å². The summed E-state index contributed by atoms with van der Waals surface area (Å²) in [4.78, 5) is 11.4. The first-order chi connectivity index (χ1) is 6.25. The van der Waals surface area contributed by atoms with Crippen LogP contribution in [0.15, 0.2) is 6.07 Å². The fourth-order valence-electron chi connectivity index (χ4n) is 1.12. The van der Waals surface area contributed by atoms with Crippen molar-refractivity contribution in [1.82, 2.24) is 9.69 Å².